The van der Waals surface area contributed by atoms with Crippen LogP contribution in [-0.4, -0.2) is 35.8 Å². The second kappa shape index (κ2) is 8.45. The SMILES string of the molecule is O=c1[nH]cnc2c(-c3ccc4c(c3)ncn4C3CCCCC3)cn([C@H]3CC[C@@H](CO)CC3)c12. The van der Waals surface area contributed by atoms with Gasteiger partial charge in [0.15, 0.2) is 0 Å². The fourth-order valence-electron chi connectivity index (χ4n) is 6.05. The van der Waals surface area contributed by atoms with E-state index in [1.807, 2.05) is 6.33 Å². The molecule has 2 fully saturated rings. The van der Waals surface area contributed by atoms with Crippen molar-refractivity contribution >= 4 is 22.1 Å². The zero-order valence-electron chi connectivity index (χ0n) is 18.9. The Hall–Kier alpha value is -2.93. The lowest BCUT2D eigenvalue weighted by Gasteiger charge is -2.28. The van der Waals surface area contributed by atoms with Gasteiger partial charge >= 0.3 is 0 Å². The summed E-state index contributed by atoms with van der Waals surface area (Å²) >= 11 is 0. The van der Waals surface area contributed by atoms with Crippen molar-refractivity contribution in [3.05, 3.63) is 47.4 Å². The third-order valence-electron chi connectivity index (χ3n) is 7.93. The molecule has 6 rings (SSSR count). The molecule has 0 aliphatic heterocycles. The Labute approximate surface area is 192 Å². The Kier molecular flexibility index (Phi) is 5.29. The molecular formula is C26H31N5O2. The minimum absolute atomic E-state index is 0.0989. The molecule has 2 saturated carbocycles. The quantitative estimate of drug-likeness (QED) is 0.464. The van der Waals surface area contributed by atoms with Crippen LogP contribution in [0.25, 0.3) is 33.2 Å². The highest BCUT2D eigenvalue weighted by molar-refractivity contribution is 5.95. The molecule has 0 unspecified atom stereocenters. The Morgan fingerprint density at radius 2 is 1.76 bits per heavy atom. The number of aromatic nitrogens is 5. The van der Waals surface area contributed by atoms with Gasteiger partial charge in [-0.05, 0) is 62.1 Å². The van der Waals surface area contributed by atoms with Crippen LogP contribution in [0.5, 0.6) is 0 Å². The van der Waals surface area contributed by atoms with Gasteiger partial charge in [0.2, 0.25) is 0 Å². The van der Waals surface area contributed by atoms with Gasteiger partial charge in [-0.25, -0.2) is 9.97 Å². The van der Waals surface area contributed by atoms with Crippen molar-refractivity contribution in [1.29, 1.82) is 0 Å². The van der Waals surface area contributed by atoms with Crippen LogP contribution in [0.3, 0.4) is 0 Å². The number of hydrogen-bond acceptors (Lipinski definition) is 4. The summed E-state index contributed by atoms with van der Waals surface area (Å²) in [5, 5.41) is 9.51. The number of H-pyrrole nitrogens is 1. The van der Waals surface area contributed by atoms with E-state index in [-0.39, 0.29) is 18.2 Å². The van der Waals surface area contributed by atoms with Crippen molar-refractivity contribution in [3.63, 3.8) is 0 Å². The van der Waals surface area contributed by atoms with Gasteiger partial charge in [0.1, 0.15) is 11.0 Å². The van der Waals surface area contributed by atoms with Crippen LogP contribution in [-0.2, 0) is 0 Å². The van der Waals surface area contributed by atoms with E-state index in [9.17, 15) is 9.90 Å². The third kappa shape index (κ3) is 3.59. The van der Waals surface area contributed by atoms with E-state index in [0.29, 0.717) is 17.5 Å². The molecule has 0 spiro atoms. The van der Waals surface area contributed by atoms with E-state index in [1.54, 1.807) is 0 Å². The van der Waals surface area contributed by atoms with Gasteiger partial charge in [0, 0.05) is 30.5 Å². The minimum atomic E-state index is -0.0989. The molecule has 2 N–H and O–H groups in total. The zero-order valence-corrected chi connectivity index (χ0v) is 18.9. The fourth-order valence-corrected chi connectivity index (χ4v) is 6.05. The number of aromatic amines is 1. The van der Waals surface area contributed by atoms with Crippen LogP contribution in [0, 0.1) is 5.92 Å². The molecule has 0 saturated heterocycles. The summed E-state index contributed by atoms with van der Waals surface area (Å²) in [7, 11) is 0. The summed E-state index contributed by atoms with van der Waals surface area (Å²) in [4.78, 5) is 24.9. The average Bonchev–Trinajstić information content (AvgIpc) is 3.47. The van der Waals surface area contributed by atoms with Gasteiger partial charge in [-0.3, -0.25) is 4.79 Å². The van der Waals surface area contributed by atoms with E-state index in [1.165, 1.54) is 43.9 Å². The number of rotatable bonds is 4. The molecule has 0 radical (unpaired) electrons. The number of aliphatic hydroxyl groups is 1. The average molecular weight is 446 g/mol. The zero-order chi connectivity index (χ0) is 22.4. The van der Waals surface area contributed by atoms with Crippen LogP contribution >= 0.6 is 0 Å². The Bertz CT molecular complexity index is 1340. The number of imidazole rings is 1. The molecule has 7 nitrogen and oxygen atoms in total. The number of fused-ring (bicyclic) bond motifs is 2. The summed E-state index contributed by atoms with van der Waals surface area (Å²) < 4.78 is 4.49. The van der Waals surface area contributed by atoms with Crippen molar-refractivity contribution < 1.29 is 5.11 Å². The molecule has 0 atom stereocenters. The van der Waals surface area contributed by atoms with Crippen molar-refractivity contribution in [2.24, 2.45) is 5.92 Å². The minimum Gasteiger partial charge on any atom is -0.396 e. The summed E-state index contributed by atoms with van der Waals surface area (Å²) in [6.45, 7) is 0.250. The molecule has 1 aromatic carbocycles. The highest BCUT2D eigenvalue weighted by Gasteiger charge is 2.26. The van der Waals surface area contributed by atoms with Crippen molar-refractivity contribution in [2.45, 2.75) is 69.9 Å². The predicted molar refractivity (Wildman–Crippen MR) is 129 cm³/mol. The fraction of sp³-hybridized carbons (Fsp3) is 0.500. The number of hydrogen-bond donors (Lipinski definition) is 2. The molecular weight excluding hydrogens is 414 g/mol. The van der Waals surface area contributed by atoms with E-state index >= 15 is 0 Å². The van der Waals surface area contributed by atoms with Gasteiger partial charge in [-0.1, -0.05) is 25.3 Å². The second-order valence-electron chi connectivity index (χ2n) is 9.88. The lowest BCUT2D eigenvalue weighted by Crippen LogP contribution is -2.21. The molecule has 7 heteroatoms. The molecule has 2 aliphatic carbocycles. The van der Waals surface area contributed by atoms with Crippen LogP contribution in [0.1, 0.15) is 69.9 Å². The van der Waals surface area contributed by atoms with Crippen molar-refractivity contribution in [1.82, 2.24) is 24.1 Å². The lowest BCUT2D eigenvalue weighted by molar-refractivity contribution is 0.170. The maximum Gasteiger partial charge on any atom is 0.275 e. The maximum atomic E-state index is 12.8. The van der Waals surface area contributed by atoms with Gasteiger partial charge in [0.05, 0.1) is 23.7 Å². The second-order valence-corrected chi connectivity index (χ2v) is 9.88. The molecule has 3 aromatic heterocycles. The van der Waals surface area contributed by atoms with E-state index in [0.717, 1.165) is 47.8 Å². The van der Waals surface area contributed by atoms with E-state index in [2.05, 4.69) is 43.5 Å². The summed E-state index contributed by atoms with van der Waals surface area (Å²) in [5.74, 6) is 0.376. The molecule has 0 amide bonds. The molecule has 33 heavy (non-hydrogen) atoms. The van der Waals surface area contributed by atoms with Gasteiger partial charge in [-0.15, -0.1) is 0 Å². The monoisotopic (exact) mass is 445 g/mol. The van der Waals surface area contributed by atoms with E-state index < -0.39 is 0 Å². The first-order chi connectivity index (χ1) is 16.2. The van der Waals surface area contributed by atoms with Crippen LogP contribution in [0.2, 0.25) is 0 Å². The number of aliphatic hydroxyl groups excluding tert-OH is 1. The van der Waals surface area contributed by atoms with Crippen LogP contribution in [0.15, 0.2) is 41.8 Å². The predicted octanol–water partition coefficient (Wildman–Crippen LogP) is 4.97. The molecule has 0 bridgehead atoms. The Morgan fingerprint density at radius 1 is 0.970 bits per heavy atom. The molecule has 172 valence electrons. The highest BCUT2D eigenvalue weighted by Crippen LogP contribution is 2.38. The highest BCUT2D eigenvalue weighted by atomic mass is 16.3. The number of nitrogens with zero attached hydrogens (tertiary/aromatic N) is 4. The van der Waals surface area contributed by atoms with E-state index in [4.69, 9.17) is 4.98 Å². The first kappa shape index (κ1) is 20.7. The summed E-state index contributed by atoms with van der Waals surface area (Å²) in [6.07, 6.45) is 15.9. The number of benzene rings is 1. The largest absolute Gasteiger partial charge is 0.396 e. The van der Waals surface area contributed by atoms with Crippen LogP contribution < -0.4 is 5.56 Å². The topological polar surface area (TPSA) is 88.7 Å². The summed E-state index contributed by atoms with van der Waals surface area (Å²) in [6, 6.07) is 7.26. The molecule has 4 aromatic rings. The third-order valence-corrected chi connectivity index (χ3v) is 7.93. The normalized spacial score (nSPS) is 22.3. The summed E-state index contributed by atoms with van der Waals surface area (Å²) in [5.41, 5.74) is 5.49. The maximum absolute atomic E-state index is 12.8. The smallest absolute Gasteiger partial charge is 0.275 e. The Morgan fingerprint density at radius 3 is 2.55 bits per heavy atom. The lowest BCUT2D eigenvalue weighted by atomic mass is 9.86. The first-order valence-electron chi connectivity index (χ1n) is 12.4. The van der Waals surface area contributed by atoms with Gasteiger partial charge in [-0.2, -0.15) is 0 Å². The van der Waals surface area contributed by atoms with Gasteiger partial charge < -0.3 is 19.2 Å². The Balaban J connectivity index is 1.41. The number of nitrogens with one attached hydrogen (secondary N) is 1. The van der Waals surface area contributed by atoms with Gasteiger partial charge in [0.25, 0.3) is 5.56 Å². The first-order valence-corrected chi connectivity index (χ1v) is 12.4. The van der Waals surface area contributed by atoms with Crippen molar-refractivity contribution in [3.8, 4) is 11.1 Å². The molecule has 3 heterocycles. The van der Waals surface area contributed by atoms with Crippen molar-refractivity contribution in [2.75, 3.05) is 6.61 Å². The van der Waals surface area contributed by atoms with Crippen LogP contribution in [0.4, 0.5) is 0 Å². The standard InChI is InChI=1S/C26H31N5O2/c32-14-17-6-9-20(10-7-17)30-13-21(24-25(30)26(33)28-15-27-24)18-8-11-23-22(12-18)29-16-31(23)19-4-2-1-3-5-19/h8,11-13,15-17,19-20,32H,1-7,9-10,14H2,(H,27,28,33)/t17-,20+. The molecule has 2 aliphatic rings.